The number of allylic oxidation sites excluding steroid dienone is 1. The van der Waals surface area contributed by atoms with Gasteiger partial charge in [0, 0.05) is 22.4 Å². The highest BCUT2D eigenvalue weighted by molar-refractivity contribution is 6.30. The van der Waals surface area contributed by atoms with Gasteiger partial charge >= 0.3 is 0 Å². The molecule has 0 saturated carbocycles. The highest BCUT2D eigenvalue weighted by atomic mass is 35.5. The van der Waals surface area contributed by atoms with Crippen LogP contribution in [0.4, 0.5) is 0 Å². The summed E-state index contributed by atoms with van der Waals surface area (Å²) >= 11 is 5.89. The molecule has 0 aliphatic carbocycles. The van der Waals surface area contributed by atoms with Crippen molar-refractivity contribution in [3.63, 3.8) is 0 Å². The van der Waals surface area contributed by atoms with Crippen LogP contribution in [0.15, 0.2) is 64.7 Å². The van der Waals surface area contributed by atoms with E-state index >= 15 is 0 Å². The van der Waals surface area contributed by atoms with Gasteiger partial charge in [-0.25, -0.2) is 0 Å². The molecule has 1 aliphatic rings. The predicted octanol–water partition coefficient (Wildman–Crippen LogP) is 4.68. The minimum Gasteiger partial charge on any atom is -0.457 e. The lowest BCUT2D eigenvalue weighted by atomic mass is 10.1. The standard InChI is InChI=1S/C18H12ClNO2/c19-14-5-3-12(4-6-14)17-8-7-15(22-17)10-13-11-20-9-1-2-16(20)18(13)21/h1-10H,11H2. The Kier molecular flexibility index (Phi) is 3.01. The van der Waals surface area contributed by atoms with E-state index in [1.54, 1.807) is 0 Å². The van der Waals surface area contributed by atoms with Crippen LogP contribution in [0.3, 0.4) is 0 Å². The molecular formula is C18H12ClNO2. The zero-order valence-electron chi connectivity index (χ0n) is 11.6. The van der Waals surface area contributed by atoms with E-state index in [1.807, 2.05) is 65.4 Å². The van der Waals surface area contributed by atoms with E-state index in [0.717, 1.165) is 22.6 Å². The third-order valence-electron chi connectivity index (χ3n) is 3.77. The van der Waals surface area contributed by atoms with Gasteiger partial charge in [0.15, 0.2) is 0 Å². The van der Waals surface area contributed by atoms with Crippen LogP contribution < -0.4 is 0 Å². The quantitative estimate of drug-likeness (QED) is 0.644. The molecule has 1 aromatic carbocycles. The van der Waals surface area contributed by atoms with Gasteiger partial charge in [0.1, 0.15) is 11.5 Å². The van der Waals surface area contributed by atoms with E-state index in [0.29, 0.717) is 17.3 Å². The Morgan fingerprint density at radius 3 is 2.68 bits per heavy atom. The van der Waals surface area contributed by atoms with Crippen molar-refractivity contribution in [3.05, 3.63) is 76.8 Å². The molecule has 0 saturated heterocycles. The average molecular weight is 310 g/mol. The van der Waals surface area contributed by atoms with E-state index < -0.39 is 0 Å². The number of carbonyl (C=O) groups is 1. The first-order valence-electron chi connectivity index (χ1n) is 6.97. The van der Waals surface area contributed by atoms with Gasteiger partial charge in [-0.3, -0.25) is 4.79 Å². The molecule has 108 valence electrons. The first-order chi connectivity index (χ1) is 10.7. The summed E-state index contributed by atoms with van der Waals surface area (Å²) in [4.78, 5) is 12.2. The number of furan rings is 1. The van der Waals surface area contributed by atoms with Crippen molar-refractivity contribution in [2.24, 2.45) is 0 Å². The lowest BCUT2D eigenvalue weighted by molar-refractivity contribution is 0.103. The van der Waals surface area contributed by atoms with Crippen LogP contribution >= 0.6 is 11.6 Å². The van der Waals surface area contributed by atoms with Gasteiger partial charge in [-0.15, -0.1) is 0 Å². The van der Waals surface area contributed by atoms with Crippen LogP contribution in [0.2, 0.25) is 5.02 Å². The van der Waals surface area contributed by atoms with Crippen molar-refractivity contribution < 1.29 is 9.21 Å². The lowest BCUT2D eigenvalue weighted by Gasteiger charge is -1.97. The summed E-state index contributed by atoms with van der Waals surface area (Å²) in [7, 11) is 0. The van der Waals surface area contributed by atoms with E-state index in [2.05, 4.69) is 0 Å². The molecule has 0 spiro atoms. The second kappa shape index (κ2) is 5.04. The number of benzene rings is 1. The van der Waals surface area contributed by atoms with E-state index in [4.69, 9.17) is 16.0 Å². The molecule has 2 aromatic heterocycles. The van der Waals surface area contributed by atoms with Gasteiger partial charge < -0.3 is 8.98 Å². The zero-order valence-corrected chi connectivity index (χ0v) is 12.4. The summed E-state index contributed by atoms with van der Waals surface area (Å²) < 4.78 is 7.76. The summed E-state index contributed by atoms with van der Waals surface area (Å²) in [6.45, 7) is 0.595. The molecule has 1 aliphatic heterocycles. The number of halogens is 1. The van der Waals surface area contributed by atoms with Gasteiger partial charge in [-0.1, -0.05) is 11.6 Å². The monoisotopic (exact) mass is 309 g/mol. The fraction of sp³-hybridized carbons (Fsp3) is 0.0556. The molecule has 4 heteroatoms. The van der Waals surface area contributed by atoms with Crippen LogP contribution in [0, 0.1) is 0 Å². The highest BCUT2D eigenvalue weighted by Gasteiger charge is 2.24. The van der Waals surface area contributed by atoms with Crippen molar-refractivity contribution in [1.29, 1.82) is 0 Å². The van der Waals surface area contributed by atoms with Crippen molar-refractivity contribution in [1.82, 2.24) is 4.57 Å². The molecule has 0 radical (unpaired) electrons. The van der Waals surface area contributed by atoms with Crippen LogP contribution in [-0.4, -0.2) is 10.4 Å². The number of aromatic nitrogens is 1. The van der Waals surface area contributed by atoms with Gasteiger partial charge in [-0.05, 0) is 54.6 Å². The highest BCUT2D eigenvalue weighted by Crippen LogP contribution is 2.27. The number of ketones is 1. The van der Waals surface area contributed by atoms with Gasteiger partial charge in [0.25, 0.3) is 0 Å². The Hall–Kier alpha value is -2.52. The third kappa shape index (κ3) is 2.20. The number of nitrogens with zero attached hydrogens (tertiary/aromatic N) is 1. The fourth-order valence-electron chi connectivity index (χ4n) is 2.66. The number of hydrogen-bond donors (Lipinski definition) is 0. The summed E-state index contributed by atoms with van der Waals surface area (Å²) in [6, 6.07) is 15.0. The van der Waals surface area contributed by atoms with E-state index in [-0.39, 0.29) is 5.78 Å². The third-order valence-corrected chi connectivity index (χ3v) is 4.02. The number of fused-ring (bicyclic) bond motifs is 1. The van der Waals surface area contributed by atoms with Gasteiger partial charge in [-0.2, -0.15) is 0 Å². The van der Waals surface area contributed by atoms with Crippen LogP contribution in [0.25, 0.3) is 17.4 Å². The zero-order chi connectivity index (χ0) is 15.1. The first-order valence-corrected chi connectivity index (χ1v) is 7.35. The summed E-state index contributed by atoms with van der Waals surface area (Å²) in [5, 5.41) is 0.691. The normalized spacial score (nSPS) is 15.5. The molecule has 3 nitrogen and oxygen atoms in total. The molecular weight excluding hydrogens is 298 g/mol. The number of rotatable bonds is 2. The van der Waals surface area contributed by atoms with Crippen molar-refractivity contribution in [2.75, 3.05) is 0 Å². The topological polar surface area (TPSA) is 35.1 Å². The Morgan fingerprint density at radius 1 is 1.09 bits per heavy atom. The minimum atomic E-state index is 0.0643. The molecule has 0 N–H and O–H groups in total. The molecule has 0 unspecified atom stereocenters. The van der Waals surface area contributed by atoms with Gasteiger partial charge in [0.05, 0.1) is 12.2 Å². The largest absolute Gasteiger partial charge is 0.457 e. The number of carbonyl (C=O) groups excluding carboxylic acids is 1. The summed E-state index contributed by atoms with van der Waals surface area (Å²) in [5.74, 6) is 1.50. The van der Waals surface area contributed by atoms with Gasteiger partial charge in [0.2, 0.25) is 5.78 Å². The van der Waals surface area contributed by atoms with Crippen molar-refractivity contribution in [2.45, 2.75) is 6.54 Å². The van der Waals surface area contributed by atoms with Crippen molar-refractivity contribution >= 4 is 23.5 Å². The molecule has 0 amide bonds. The maximum Gasteiger partial charge on any atom is 0.207 e. The number of hydrogen-bond acceptors (Lipinski definition) is 2. The molecule has 0 bridgehead atoms. The molecule has 22 heavy (non-hydrogen) atoms. The molecule has 4 rings (SSSR count). The Morgan fingerprint density at radius 2 is 1.91 bits per heavy atom. The molecule has 0 fully saturated rings. The SMILES string of the molecule is O=C1C(=Cc2ccc(-c3ccc(Cl)cc3)o2)Cn2cccc21. The Labute approximate surface area is 132 Å². The average Bonchev–Trinajstić information content (AvgIpc) is 3.21. The van der Waals surface area contributed by atoms with E-state index in [1.165, 1.54) is 0 Å². The first kappa shape index (κ1) is 13.2. The van der Waals surface area contributed by atoms with Crippen molar-refractivity contribution in [3.8, 4) is 11.3 Å². The van der Waals surface area contributed by atoms with Crippen LogP contribution in [0.5, 0.6) is 0 Å². The smallest absolute Gasteiger partial charge is 0.207 e. The predicted molar refractivity (Wildman–Crippen MR) is 85.9 cm³/mol. The number of Topliss-reactive ketones (excluding diaryl/α,β-unsaturated/α-hetero) is 1. The van der Waals surface area contributed by atoms with Crippen LogP contribution in [-0.2, 0) is 6.54 Å². The molecule has 3 heterocycles. The van der Waals surface area contributed by atoms with E-state index in [9.17, 15) is 4.79 Å². The second-order valence-corrected chi connectivity index (χ2v) is 5.67. The molecule has 3 aromatic rings. The fourth-order valence-corrected chi connectivity index (χ4v) is 2.79. The lowest BCUT2D eigenvalue weighted by Crippen LogP contribution is -1.94. The molecule has 0 atom stereocenters. The van der Waals surface area contributed by atoms with Crippen LogP contribution in [0.1, 0.15) is 16.2 Å². The maximum absolute atomic E-state index is 12.2. The summed E-state index contributed by atoms with van der Waals surface area (Å²) in [6.07, 6.45) is 3.73. The summed E-state index contributed by atoms with van der Waals surface area (Å²) in [5.41, 5.74) is 2.43. The Bertz CT molecular complexity index is 884. The second-order valence-electron chi connectivity index (χ2n) is 5.23. The minimum absolute atomic E-state index is 0.0643. The maximum atomic E-state index is 12.2. The Balaban J connectivity index is 1.63.